The number of nitrogens with one attached hydrogen (secondary N) is 1. The fraction of sp³-hybridized carbons (Fsp3) is 0.480. The van der Waals surface area contributed by atoms with Crippen LogP contribution in [0.1, 0.15) is 32.1 Å². The first kappa shape index (κ1) is 19.1. The van der Waals surface area contributed by atoms with E-state index in [1.807, 2.05) is 35.0 Å². The van der Waals surface area contributed by atoms with Crippen LogP contribution in [-0.2, 0) is 0 Å². The Morgan fingerprint density at radius 3 is 2.87 bits per heavy atom. The predicted octanol–water partition coefficient (Wildman–Crippen LogP) is 4.83. The maximum Gasteiger partial charge on any atom is 0.147 e. The third kappa shape index (κ3) is 3.57. The highest BCUT2D eigenvalue weighted by atomic mass is 19.1. The lowest BCUT2D eigenvalue weighted by atomic mass is 9.92. The average molecular weight is 421 g/mol. The molecule has 2 aliphatic heterocycles. The van der Waals surface area contributed by atoms with Gasteiger partial charge >= 0.3 is 0 Å². The molecule has 6 rings (SSSR count). The Morgan fingerprint density at radius 1 is 1.00 bits per heavy atom. The third-order valence-corrected chi connectivity index (χ3v) is 7.55. The lowest BCUT2D eigenvalue weighted by Crippen LogP contribution is -2.43. The largest absolute Gasteiger partial charge is 0.492 e. The summed E-state index contributed by atoms with van der Waals surface area (Å²) in [4.78, 5) is 7.42. The Bertz CT molecular complexity index is 1100. The van der Waals surface area contributed by atoms with E-state index in [0.29, 0.717) is 18.2 Å². The molecule has 4 heterocycles. The van der Waals surface area contributed by atoms with Crippen LogP contribution in [0, 0.1) is 17.7 Å². The number of benzene rings is 1. The summed E-state index contributed by atoms with van der Waals surface area (Å²) in [5.74, 6) is 3.00. The first-order valence-corrected chi connectivity index (χ1v) is 11.6. The molecule has 6 heteroatoms. The van der Waals surface area contributed by atoms with Gasteiger partial charge in [0.2, 0.25) is 0 Å². The van der Waals surface area contributed by atoms with Crippen molar-refractivity contribution in [3.05, 3.63) is 48.5 Å². The van der Waals surface area contributed by atoms with Gasteiger partial charge in [-0.05, 0) is 61.4 Å². The predicted molar refractivity (Wildman–Crippen MR) is 120 cm³/mol. The molecule has 31 heavy (non-hydrogen) atoms. The molecule has 1 N–H and O–H groups in total. The van der Waals surface area contributed by atoms with Crippen molar-refractivity contribution < 1.29 is 9.13 Å². The van der Waals surface area contributed by atoms with Gasteiger partial charge in [-0.1, -0.05) is 12.8 Å². The second-order valence-electron chi connectivity index (χ2n) is 9.33. The summed E-state index contributed by atoms with van der Waals surface area (Å²) in [6, 6.07) is 9.39. The molecule has 2 aromatic heterocycles. The van der Waals surface area contributed by atoms with Gasteiger partial charge in [0.25, 0.3) is 0 Å². The average Bonchev–Trinajstić information content (AvgIpc) is 3.36. The number of halogens is 1. The van der Waals surface area contributed by atoms with Gasteiger partial charge in [-0.3, -0.25) is 4.90 Å². The van der Waals surface area contributed by atoms with Crippen molar-refractivity contribution in [3.63, 3.8) is 0 Å². The van der Waals surface area contributed by atoms with E-state index in [1.165, 1.54) is 38.2 Å². The molecule has 0 radical (unpaired) electrons. The van der Waals surface area contributed by atoms with Crippen molar-refractivity contribution in [1.29, 1.82) is 0 Å². The number of hydrogen-bond acceptors (Lipinski definition) is 4. The highest BCUT2D eigenvalue weighted by Gasteiger charge is 2.35. The van der Waals surface area contributed by atoms with Crippen molar-refractivity contribution in [3.8, 4) is 16.9 Å². The zero-order valence-corrected chi connectivity index (χ0v) is 17.8. The number of fused-ring (bicyclic) bond motifs is 6. The molecule has 3 aliphatic rings. The second kappa shape index (κ2) is 7.83. The van der Waals surface area contributed by atoms with Crippen molar-refractivity contribution in [2.24, 2.45) is 11.8 Å². The molecule has 1 aromatic carbocycles. The van der Waals surface area contributed by atoms with Gasteiger partial charge in [0.15, 0.2) is 0 Å². The highest BCUT2D eigenvalue weighted by molar-refractivity contribution is 5.80. The minimum atomic E-state index is -0.253. The van der Waals surface area contributed by atoms with Crippen LogP contribution in [0.4, 0.5) is 10.2 Å². The smallest absolute Gasteiger partial charge is 0.147 e. The summed E-state index contributed by atoms with van der Waals surface area (Å²) < 4.78 is 23.0. The summed E-state index contributed by atoms with van der Waals surface area (Å²) in [7, 11) is 0. The molecule has 2 unspecified atom stereocenters. The minimum absolute atomic E-state index is 0.253. The summed E-state index contributed by atoms with van der Waals surface area (Å²) in [5, 5.41) is 3.51. The van der Waals surface area contributed by atoms with Crippen LogP contribution in [0.2, 0.25) is 0 Å². The van der Waals surface area contributed by atoms with Gasteiger partial charge in [-0.2, -0.15) is 0 Å². The minimum Gasteiger partial charge on any atom is -0.492 e. The lowest BCUT2D eigenvalue weighted by Gasteiger charge is -2.31. The summed E-state index contributed by atoms with van der Waals surface area (Å²) in [5.41, 5.74) is 2.07. The van der Waals surface area contributed by atoms with Crippen LogP contribution in [0.3, 0.4) is 0 Å². The van der Waals surface area contributed by atoms with Crippen molar-refractivity contribution in [2.75, 3.05) is 31.6 Å². The Kier molecular flexibility index (Phi) is 4.82. The normalized spacial score (nSPS) is 26.4. The molecule has 1 saturated carbocycles. The van der Waals surface area contributed by atoms with Gasteiger partial charge in [0.05, 0.1) is 0 Å². The van der Waals surface area contributed by atoms with E-state index >= 15 is 0 Å². The van der Waals surface area contributed by atoms with E-state index in [1.54, 1.807) is 6.07 Å². The SMILES string of the molecule is Fc1ccc2cc1-c1ccn3ccc(nc13)NCCN1CC3CCCC3CC[C@@H]1CO2. The van der Waals surface area contributed by atoms with Crippen LogP contribution in [0.25, 0.3) is 16.8 Å². The van der Waals surface area contributed by atoms with Crippen LogP contribution in [0.5, 0.6) is 5.75 Å². The highest BCUT2D eigenvalue weighted by Crippen LogP contribution is 2.39. The molecule has 0 amide bonds. The van der Waals surface area contributed by atoms with Crippen LogP contribution in [0.15, 0.2) is 42.7 Å². The summed E-state index contributed by atoms with van der Waals surface area (Å²) >= 11 is 0. The Labute approximate surface area is 182 Å². The van der Waals surface area contributed by atoms with E-state index in [9.17, 15) is 4.39 Å². The molecule has 4 bridgehead atoms. The molecular weight excluding hydrogens is 391 g/mol. The van der Waals surface area contributed by atoms with Crippen molar-refractivity contribution in [2.45, 2.75) is 38.1 Å². The monoisotopic (exact) mass is 420 g/mol. The zero-order valence-electron chi connectivity index (χ0n) is 17.8. The van der Waals surface area contributed by atoms with E-state index in [2.05, 4.69) is 10.2 Å². The van der Waals surface area contributed by atoms with Gasteiger partial charge in [-0.15, -0.1) is 0 Å². The molecule has 3 aromatic rings. The Morgan fingerprint density at radius 2 is 1.90 bits per heavy atom. The molecule has 162 valence electrons. The van der Waals surface area contributed by atoms with Gasteiger partial charge in [-0.25, -0.2) is 9.37 Å². The van der Waals surface area contributed by atoms with Crippen LogP contribution in [-0.4, -0.2) is 46.6 Å². The van der Waals surface area contributed by atoms with Gasteiger partial charge in [0, 0.05) is 49.2 Å². The number of rotatable bonds is 0. The Hall–Kier alpha value is -2.60. The second-order valence-corrected chi connectivity index (χ2v) is 9.33. The topological polar surface area (TPSA) is 41.8 Å². The molecular formula is C25H29FN4O. The summed E-state index contributed by atoms with van der Waals surface area (Å²) in [6.07, 6.45) is 10.5. The molecule has 3 atom stereocenters. The number of aromatic nitrogens is 2. The molecule has 2 fully saturated rings. The van der Waals surface area contributed by atoms with Gasteiger partial charge < -0.3 is 14.5 Å². The fourth-order valence-corrected chi connectivity index (χ4v) is 5.84. The number of ether oxygens (including phenoxy) is 1. The van der Waals surface area contributed by atoms with E-state index in [4.69, 9.17) is 9.72 Å². The first-order valence-electron chi connectivity index (χ1n) is 11.6. The van der Waals surface area contributed by atoms with Crippen LogP contribution >= 0.6 is 0 Å². The number of anilines is 1. The molecule has 0 spiro atoms. The van der Waals surface area contributed by atoms with Crippen LogP contribution < -0.4 is 10.1 Å². The van der Waals surface area contributed by atoms with Gasteiger partial charge in [0.1, 0.15) is 29.6 Å². The maximum absolute atomic E-state index is 14.8. The third-order valence-electron chi connectivity index (χ3n) is 7.55. The fourth-order valence-electron chi connectivity index (χ4n) is 5.84. The standard InChI is InChI=1S/C25H29FN4O/c26-23-7-6-20-14-22(23)21-8-11-29-12-9-24(28-25(21)29)27-10-13-30-15-18-3-1-2-17(18)4-5-19(30)16-31-20/h6-9,11-12,14,17-19H,1-5,10,13,15-16H2,(H,27,28)/t17?,18?,19-/m1/s1. The first-order chi connectivity index (χ1) is 15.2. The van der Waals surface area contributed by atoms with Crippen molar-refractivity contribution >= 4 is 11.5 Å². The molecule has 1 saturated heterocycles. The van der Waals surface area contributed by atoms with E-state index < -0.39 is 0 Å². The maximum atomic E-state index is 14.8. The Balaban J connectivity index is 1.38. The molecule has 1 aliphatic carbocycles. The van der Waals surface area contributed by atoms with E-state index in [0.717, 1.165) is 54.2 Å². The van der Waals surface area contributed by atoms with Crippen molar-refractivity contribution in [1.82, 2.24) is 14.3 Å². The lowest BCUT2D eigenvalue weighted by molar-refractivity contribution is 0.128. The molecule has 5 nitrogen and oxygen atoms in total. The summed E-state index contributed by atoms with van der Waals surface area (Å²) in [6.45, 7) is 3.63. The number of nitrogens with zero attached hydrogens (tertiary/aromatic N) is 3. The zero-order chi connectivity index (χ0) is 20.8. The quantitative estimate of drug-likeness (QED) is 0.566. The number of hydrogen-bond donors (Lipinski definition) is 1. The van der Waals surface area contributed by atoms with E-state index in [-0.39, 0.29) is 5.82 Å².